The first-order chi connectivity index (χ1) is 9.72. The van der Waals surface area contributed by atoms with Gasteiger partial charge in [-0.3, -0.25) is 4.79 Å². The number of carbonyl (C=O) groups is 1. The number of benzene rings is 1. The van der Waals surface area contributed by atoms with E-state index in [1.54, 1.807) is 0 Å². The highest BCUT2D eigenvalue weighted by Crippen LogP contribution is 2.16. The van der Waals surface area contributed by atoms with Crippen molar-refractivity contribution in [3.63, 3.8) is 0 Å². The van der Waals surface area contributed by atoms with E-state index in [4.69, 9.17) is 5.11 Å². The molecular formula is C17H21NO2. The van der Waals surface area contributed by atoms with Crippen LogP contribution >= 0.6 is 0 Å². The third-order valence-corrected chi connectivity index (χ3v) is 3.59. The minimum atomic E-state index is 0.0679. The number of piperidine rings is 1. The summed E-state index contributed by atoms with van der Waals surface area (Å²) in [5.74, 6) is 6.05. The van der Waals surface area contributed by atoms with Gasteiger partial charge in [-0.05, 0) is 43.9 Å². The number of likely N-dealkylation sites (tertiary alicyclic amines) is 1. The van der Waals surface area contributed by atoms with Crippen LogP contribution in [0.2, 0.25) is 0 Å². The molecule has 0 radical (unpaired) electrons. The topological polar surface area (TPSA) is 40.5 Å². The Morgan fingerprint density at radius 2 is 2.05 bits per heavy atom. The van der Waals surface area contributed by atoms with Gasteiger partial charge in [-0.1, -0.05) is 17.9 Å². The zero-order valence-electron chi connectivity index (χ0n) is 12.0. The number of aryl methyl sites for hydroxylation is 1. The quantitative estimate of drug-likeness (QED) is 0.839. The molecule has 0 aromatic heterocycles. The van der Waals surface area contributed by atoms with Gasteiger partial charge in [0.15, 0.2) is 0 Å². The number of carbonyl (C=O) groups excluding carboxylic acids is 1. The van der Waals surface area contributed by atoms with E-state index >= 15 is 0 Å². The highest BCUT2D eigenvalue weighted by Gasteiger charge is 2.18. The van der Waals surface area contributed by atoms with Gasteiger partial charge in [0.2, 0.25) is 0 Å². The van der Waals surface area contributed by atoms with Crippen LogP contribution in [0.25, 0.3) is 0 Å². The lowest BCUT2D eigenvalue weighted by Crippen LogP contribution is -2.35. The summed E-state index contributed by atoms with van der Waals surface area (Å²) in [6, 6.07) is 5.69. The van der Waals surface area contributed by atoms with Gasteiger partial charge in [-0.25, -0.2) is 0 Å². The van der Waals surface area contributed by atoms with Crippen molar-refractivity contribution in [1.82, 2.24) is 4.90 Å². The fourth-order valence-corrected chi connectivity index (χ4v) is 2.38. The molecule has 0 aliphatic carbocycles. The fraction of sp³-hybridized carbons (Fsp3) is 0.471. The van der Waals surface area contributed by atoms with Crippen LogP contribution in [-0.4, -0.2) is 35.6 Å². The number of nitrogens with zero attached hydrogens (tertiary/aromatic N) is 1. The monoisotopic (exact) mass is 271 g/mol. The fourth-order valence-electron chi connectivity index (χ4n) is 2.38. The smallest absolute Gasteiger partial charge is 0.253 e. The Bertz CT molecular complexity index is 534. The van der Waals surface area contributed by atoms with E-state index in [2.05, 4.69) is 11.8 Å². The van der Waals surface area contributed by atoms with Crippen LogP contribution < -0.4 is 0 Å². The van der Waals surface area contributed by atoms with Gasteiger partial charge in [0.05, 0.1) is 6.61 Å². The second-order valence-electron chi connectivity index (χ2n) is 5.16. The number of hydrogen-bond acceptors (Lipinski definition) is 2. The van der Waals surface area contributed by atoms with Crippen LogP contribution in [0.15, 0.2) is 18.2 Å². The number of aliphatic hydroxyl groups is 1. The third kappa shape index (κ3) is 3.61. The Balaban J connectivity index is 2.18. The Kier molecular flexibility index (Phi) is 5.20. The zero-order chi connectivity index (χ0) is 14.4. The van der Waals surface area contributed by atoms with Gasteiger partial charge < -0.3 is 10.0 Å². The molecular weight excluding hydrogens is 250 g/mol. The van der Waals surface area contributed by atoms with Crippen LogP contribution in [0.3, 0.4) is 0 Å². The second-order valence-corrected chi connectivity index (χ2v) is 5.16. The molecule has 1 N–H and O–H groups in total. The Morgan fingerprint density at radius 3 is 2.75 bits per heavy atom. The standard InChI is InChI=1S/C17H21NO2/c1-14-8-9-16(13-15(14)7-3-6-12-19)17(20)18-10-4-2-5-11-18/h8-9,13,19H,2,4-6,10-12H2,1H3. The lowest BCUT2D eigenvalue weighted by Gasteiger charge is -2.26. The molecule has 1 amide bonds. The van der Waals surface area contributed by atoms with E-state index in [9.17, 15) is 4.79 Å². The third-order valence-electron chi connectivity index (χ3n) is 3.59. The molecule has 0 bridgehead atoms. The lowest BCUT2D eigenvalue weighted by atomic mass is 10.0. The Labute approximate surface area is 120 Å². The molecule has 0 saturated carbocycles. The van der Waals surface area contributed by atoms with Crippen molar-refractivity contribution < 1.29 is 9.90 Å². The number of amides is 1. The van der Waals surface area contributed by atoms with Gasteiger partial charge in [-0.15, -0.1) is 0 Å². The molecule has 1 aliphatic rings. The Morgan fingerprint density at radius 1 is 1.30 bits per heavy atom. The molecule has 1 aromatic rings. The van der Waals surface area contributed by atoms with Gasteiger partial charge in [0.25, 0.3) is 5.91 Å². The molecule has 0 unspecified atom stereocenters. The second kappa shape index (κ2) is 7.12. The van der Waals surface area contributed by atoms with Crippen molar-refractivity contribution >= 4 is 5.91 Å². The van der Waals surface area contributed by atoms with Crippen LogP contribution in [0.1, 0.15) is 47.2 Å². The maximum Gasteiger partial charge on any atom is 0.253 e. The van der Waals surface area contributed by atoms with Gasteiger partial charge in [0.1, 0.15) is 0 Å². The summed E-state index contributed by atoms with van der Waals surface area (Å²) in [4.78, 5) is 14.4. The molecule has 1 fully saturated rings. The summed E-state index contributed by atoms with van der Waals surface area (Å²) in [7, 11) is 0. The average Bonchev–Trinajstić information content (AvgIpc) is 2.49. The van der Waals surface area contributed by atoms with Crippen molar-refractivity contribution in [3.8, 4) is 11.8 Å². The summed E-state index contributed by atoms with van der Waals surface area (Å²) < 4.78 is 0. The van der Waals surface area contributed by atoms with Crippen molar-refractivity contribution in [2.45, 2.75) is 32.6 Å². The van der Waals surface area contributed by atoms with Crippen LogP contribution in [0, 0.1) is 18.8 Å². The molecule has 2 rings (SSSR count). The number of hydrogen-bond donors (Lipinski definition) is 1. The molecule has 20 heavy (non-hydrogen) atoms. The van der Waals surface area contributed by atoms with E-state index in [1.165, 1.54) is 6.42 Å². The van der Waals surface area contributed by atoms with Gasteiger partial charge >= 0.3 is 0 Å². The minimum absolute atomic E-state index is 0.0679. The van der Waals surface area contributed by atoms with Crippen LogP contribution in [-0.2, 0) is 0 Å². The molecule has 3 nitrogen and oxygen atoms in total. The molecule has 1 saturated heterocycles. The first-order valence-corrected chi connectivity index (χ1v) is 7.22. The first-order valence-electron chi connectivity index (χ1n) is 7.22. The summed E-state index contributed by atoms with van der Waals surface area (Å²) in [5, 5.41) is 8.76. The predicted octanol–water partition coefficient (Wildman–Crippen LogP) is 2.36. The lowest BCUT2D eigenvalue weighted by molar-refractivity contribution is 0.0724. The maximum atomic E-state index is 12.4. The Hall–Kier alpha value is -1.79. The van der Waals surface area contributed by atoms with Crippen molar-refractivity contribution in [3.05, 3.63) is 34.9 Å². The van der Waals surface area contributed by atoms with Crippen molar-refractivity contribution in [2.24, 2.45) is 0 Å². The highest BCUT2D eigenvalue weighted by molar-refractivity contribution is 5.94. The number of aliphatic hydroxyl groups excluding tert-OH is 1. The van der Waals surface area contributed by atoms with E-state index in [-0.39, 0.29) is 12.5 Å². The molecule has 1 aromatic carbocycles. The normalized spacial score (nSPS) is 14.6. The van der Waals surface area contributed by atoms with E-state index in [0.717, 1.165) is 37.1 Å². The summed E-state index contributed by atoms with van der Waals surface area (Å²) in [5.41, 5.74) is 2.65. The molecule has 0 spiro atoms. The summed E-state index contributed by atoms with van der Waals surface area (Å²) in [6.07, 6.45) is 3.88. The molecule has 106 valence electrons. The van der Waals surface area contributed by atoms with Gasteiger partial charge in [-0.2, -0.15) is 0 Å². The first kappa shape index (κ1) is 14.6. The summed E-state index contributed by atoms with van der Waals surface area (Å²) in [6.45, 7) is 3.77. The van der Waals surface area contributed by atoms with Crippen molar-refractivity contribution in [1.29, 1.82) is 0 Å². The van der Waals surface area contributed by atoms with E-state index < -0.39 is 0 Å². The molecule has 1 aliphatic heterocycles. The van der Waals surface area contributed by atoms with Gasteiger partial charge in [0, 0.05) is 30.6 Å². The number of rotatable bonds is 2. The predicted molar refractivity (Wildman–Crippen MR) is 79.5 cm³/mol. The largest absolute Gasteiger partial charge is 0.395 e. The average molecular weight is 271 g/mol. The van der Waals surface area contributed by atoms with E-state index in [1.807, 2.05) is 30.0 Å². The SMILES string of the molecule is Cc1ccc(C(=O)N2CCCCC2)cc1C#CCCO. The molecule has 0 atom stereocenters. The maximum absolute atomic E-state index is 12.4. The minimum Gasteiger partial charge on any atom is -0.395 e. The van der Waals surface area contributed by atoms with E-state index in [0.29, 0.717) is 12.0 Å². The zero-order valence-corrected chi connectivity index (χ0v) is 12.0. The summed E-state index contributed by atoms with van der Waals surface area (Å²) >= 11 is 0. The van der Waals surface area contributed by atoms with Crippen LogP contribution in [0.4, 0.5) is 0 Å². The molecule has 1 heterocycles. The highest BCUT2D eigenvalue weighted by atomic mass is 16.2. The van der Waals surface area contributed by atoms with Crippen molar-refractivity contribution in [2.75, 3.05) is 19.7 Å². The van der Waals surface area contributed by atoms with Crippen LogP contribution in [0.5, 0.6) is 0 Å². The molecule has 3 heteroatoms.